The molecule has 0 unspecified atom stereocenters. The van der Waals surface area contributed by atoms with Crippen LogP contribution in [-0.4, -0.2) is 23.7 Å². The number of nitrogens with one attached hydrogen (secondary N) is 1. The van der Waals surface area contributed by atoms with E-state index in [0.717, 1.165) is 11.4 Å². The molecule has 1 N–H and O–H groups in total. The van der Waals surface area contributed by atoms with Crippen LogP contribution in [0.5, 0.6) is 17.2 Å². The molecule has 1 fully saturated rings. The minimum absolute atomic E-state index is 0.0554. The zero-order valence-electron chi connectivity index (χ0n) is 13.5. The molecule has 1 aliphatic rings. The number of nitrogens with zero attached hydrogens (tertiary/aromatic N) is 1. The Bertz CT molecular complexity index is 744. The van der Waals surface area contributed by atoms with Crippen molar-refractivity contribution in [2.45, 2.75) is 19.9 Å². The summed E-state index contributed by atoms with van der Waals surface area (Å²) < 4.78 is 11.2. The number of carbonyl (C=O) groups excluding carboxylic acids is 1. The first-order valence-corrected chi connectivity index (χ1v) is 8.14. The van der Waals surface area contributed by atoms with Crippen molar-refractivity contribution in [1.29, 1.82) is 0 Å². The van der Waals surface area contributed by atoms with Crippen LogP contribution in [-0.2, 0) is 4.79 Å². The average molecular weight is 342 g/mol. The van der Waals surface area contributed by atoms with E-state index in [4.69, 9.17) is 21.7 Å². The Morgan fingerprint density at radius 2 is 1.58 bits per heavy atom. The Labute approximate surface area is 146 Å². The zero-order valence-corrected chi connectivity index (χ0v) is 14.3. The molecule has 2 aromatic rings. The van der Waals surface area contributed by atoms with Gasteiger partial charge in [-0.3, -0.25) is 9.69 Å². The van der Waals surface area contributed by atoms with Gasteiger partial charge in [-0.05, 0) is 74.6 Å². The van der Waals surface area contributed by atoms with E-state index in [-0.39, 0.29) is 11.9 Å². The molecule has 5 nitrogen and oxygen atoms in total. The van der Waals surface area contributed by atoms with Crippen LogP contribution in [0, 0.1) is 0 Å². The van der Waals surface area contributed by atoms with E-state index in [0.29, 0.717) is 23.2 Å². The van der Waals surface area contributed by atoms with Crippen LogP contribution in [0.1, 0.15) is 13.8 Å². The maximum atomic E-state index is 12.1. The number of benzene rings is 2. The number of carbonyl (C=O) groups is 1. The Balaban J connectivity index is 1.70. The maximum absolute atomic E-state index is 12.1. The summed E-state index contributed by atoms with van der Waals surface area (Å²) in [4.78, 5) is 13.6. The lowest BCUT2D eigenvalue weighted by molar-refractivity contribution is -0.117. The Hall–Kier alpha value is -2.60. The average Bonchev–Trinajstić information content (AvgIpc) is 2.83. The van der Waals surface area contributed by atoms with E-state index in [1.165, 1.54) is 4.90 Å². The molecule has 124 valence electrons. The minimum Gasteiger partial charge on any atom is -0.494 e. The number of amides is 1. The van der Waals surface area contributed by atoms with Crippen LogP contribution in [0.15, 0.2) is 48.5 Å². The quantitative estimate of drug-likeness (QED) is 0.843. The lowest BCUT2D eigenvalue weighted by Gasteiger charge is -2.15. The number of thiocarbonyl (C=S) groups is 1. The van der Waals surface area contributed by atoms with Crippen molar-refractivity contribution in [3.8, 4) is 17.2 Å². The number of hydrogen-bond acceptors (Lipinski definition) is 4. The van der Waals surface area contributed by atoms with Crippen molar-refractivity contribution in [2.24, 2.45) is 0 Å². The molecule has 0 saturated carbocycles. The number of ether oxygens (including phenoxy) is 2. The largest absolute Gasteiger partial charge is 0.494 e. The Morgan fingerprint density at radius 1 is 1.04 bits per heavy atom. The predicted molar refractivity (Wildman–Crippen MR) is 96.8 cm³/mol. The van der Waals surface area contributed by atoms with Crippen LogP contribution in [0.2, 0.25) is 0 Å². The highest BCUT2D eigenvalue weighted by molar-refractivity contribution is 7.80. The predicted octanol–water partition coefficient (Wildman–Crippen LogP) is 3.49. The summed E-state index contributed by atoms with van der Waals surface area (Å²) in [7, 11) is 0. The maximum Gasteiger partial charge on any atom is 0.255 e. The first kappa shape index (κ1) is 16.3. The van der Waals surface area contributed by atoms with E-state index in [2.05, 4.69) is 5.32 Å². The topological polar surface area (TPSA) is 50.8 Å². The molecule has 1 saturated heterocycles. The van der Waals surface area contributed by atoms with Gasteiger partial charge >= 0.3 is 0 Å². The SMILES string of the molecule is CCOc1ccc(Oc2ccc(N3C(=O)[C@@H](C)NC3=S)cc2)cc1. The third-order valence-corrected chi connectivity index (χ3v) is 3.90. The summed E-state index contributed by atoms with van der Waals surface area (Å²) in [6.07, 6.45) is 0. The molecule has 3 rings (SSSR count). The summed E-state index contributed by atoms with van der Waals surface area (Å²) in [6, 6.07) is 14.4. The van der Waals surface area contributed by atoms with Crippen molar-refractivity contribution in [3.05, 3.63) is 48.5 Å². The Kier molecular flexibility index (Phi) is 4.66. The van der Waals surface area contributed by atoms with Crippen LogP contribution < -0.4 is 19.7 Å². The van der Waals surface area contributed by atoms with Gasteiger partial charge in [-0.1, -0.05) is 0 Å². The van der Waals surface area contributed by atoms with Gasteiger partial charge in [0, 0.05) is 0 Å². The molecule has 1 atom stereocenters. The molecular weight excluding hydrogens is 324 g/mol. The van der Waals surface area contributed by atoms with E-state index in [1.54, 1.807) is 6.92 Å². The molecule has 1 heterocycles. The lowest BCUT2D eigenvalue weighted by atomic mass is 10.2. The summed E-state index contributed by atoms with van der Waals surface area (Å²) in [5, 5.41) is 3.37. The molecule has 2 aromatic carbocycles. The molecule has 0 radical (unpaired) electrons. The normalized spacial score (nSPS) is 16.9. The molecule has 1 aliphatic heterocycles. The minimum atomic E-state index is -0.294. The van der Waals surface area contributed by atoms with E-state index >= 15 is 0 Å². The van der Waals surface area contributed by atoms with Crippen molar-refractivity contribution in [2.75, 3.05) is 11.5 Å². The van der Waals surface area contributed by atoms with E-state index in [9.17, 15) is 4.79 Å². The summed E-state index contributed by atoms with van der Waals surface area (Å²) >= 11 is 5.20. The monoisotopic (exact) mass is 342 g/mol. The van der Waals surface area contributed by atoms with Gasteiger partial charge < -0.3 is 14.8 Å². The van der Waals surface area contributed by atoms with Crippen molar-refractivity contribution in [3.63, 3.8) is 0 Å². The standard InChI is InChI=1S/C18H18N2O3S/c1-3-22-14-8-10-16(11-9-14)23-15-6-4-13(5-7-15)20-17(21)12(2)19-18(20)24/h4-12H,3H2,1-2H3,(H,19,24)/t12-/m1/s1. The number of anilines is 1. The molecule has 6 heteroatoms. The van der Waals surface area contributed by atoms with Crippen LogP contribution in [0.3, 0.4) is 0 Å². The highest BCUT2D eigenvalue weighted by atomic mass is 32.1. The number of hydrogen-bond donors (Lipinski definition) is 1. The van der Waals surface area contributed by atoms with Gasteiger partial charge in [0.2, 0.25) is 0 Å². The molecule has 1 amide bonds. The zero-order chi connectivity index (χ0) is 17.1. The van der Waals surface area contributed by atoms with E-state index in [1.807, 2.05) is 55.5 Å². The van der Waals surface area contributed by atoms with Gasteiger partial charge in [0.25, 0.3) is 5.91 Å². The summed E-state index contributed by atoms with van der Waals surface area (Å²) in [5.41, 5.74) is 0.723. The summed E-state index contributed by atoms with van der Waals surface area (Å²) in [5.74, 6) is 2.15. The first-order chi connectivity index (χ1) is 11.6. The van der Waals surface area contributed by atoms with Crippen LogP contribution >= 0.6 is 12.2 Å². The van der Waals surface area contributed by atoms with Gasteiger partial charge in [-0.25, -0.2) is 0 Å². The fourth-order valence-corrected chi connectivity index (χ4v) is 2.79. The third-order valence-electron chi connectivity index (χ3n) is 3.60. The fraction of sp³-hybridized carbons (Fsp3) is 0.222. The first-order valence-electron chi connectivity index (χ1n) is 7.73. The molecule has 0 aromatic heterocycles. The molecule has 0 aliphatic carbocycles. The Morgan fingerprint density at radius 3 is 2.08 bits per heavy atom. The van der Waals surface area contributed by atoms with Crippen LogP contribution in [0.25, 0.3) is 0 Å². The molecular formula is C18H18N2O3S. The highest BCUT2D eigenvalue weighted by Crippen LogP contribution is 2.27. The van der Waals surface area contributed by atoms with Crippen molar-refractivity contribution >= 4 is 28.9 Å². The van der Waals surface area contributed by atoms with Gasteiger partial charge in [-0.15, -0.1) is 0 Å². The molecule has 0 bridgehead atoms. The fourth-order valence-electron chi connectivity index (χ4n) is 2.42. The third kappa shape index (κ3) is 3.33. The molecule has 24 heavy (non-hydrogen) atoms. The van der Waals surface area contributed by atoms with Gasteiger partial charge in [0.05, 0.1) is 12.3 Å². The lowest BCUT2D eigenvalue weighted by Crippen LogP contribution is -2.30. The second kappa shape index (κ2) is 6.88. The van der Waals surface area contributed by atoms with Crippen molar-refractivity contribution < 1.29 is 14.3 Å². The smallest absolute Gasteiger partial charge is 0.255 e. The summed E-state index contributed by atoms with van der Waals surface area (Å²) in [6.45, 7) is 4.36. The molecule has 0 spiro atoms. The van der Waals surface area contributed by atoms with Gasteiger partial charge in [-0.2, -0.15) is 0 Å². The van der Waals surface area contributed by atoms with Gasteiger partial charge in [0.15, 0.2) is 5.11 Å². The second-order valence-electron chi connectivity index (χ2n) is 5.35. The second-order valence-corrected chi connectivity index (χ2v) is 5.73. The van der Waals surface area contributed by atoms with Crippen molar-refractivity contribution in [1.82, 2.24) is 5.32 Å². The van der Waals surface area contributed by atoms with E-state index < -0.39 is 0 Å². The number of rotatable bonds is 5. The van der Waals surface area contributed by atoms with Crippen LogP contribution in [0.4, 0.5) is 5.69 Å². The van der Waals surface area contributed by atoms with Gasteiger partial charge in [0.1, 0.15) is 23.3 Å². The highest BCUT2D eigenvalue weighted by Gasteiger charge is 2.33.